The summed E-state index contributed by atoms with van der Waals surface area (Å²) in [6.07, 6.45) is 3.37. The van der Waals surface area contributed by atoms with Crippen molar-refractivity contribution in [1.29, 1.82) is 0 Å². The molecule has 0 aromatic heterocycles. The quantitative estimate of drug-likeness (QED) is 0.898. The number of aliphatic hydroxyl groups is 1. The third-order valence-electron chi connectivity index (χ3n) is 4.28. The van der Waals surface area contributed by atoms with Crippen LogP contribution in [-0.4, -0.2) is 25.7 Å². The van der Waals surface area contributed by atoms with E-state index in [2.05, 4.69) is 11.6 Å². The van der Waals surface area contributed by atoms with Gasteiger partial charge in [-0.2, -0.15) is 0 Å². The van der Waals surface area contributed by atoms with Crippen LogP contribution in [0.25, 0.3) is 0 Å². The van der Waals surface area contributed by atoms with Gasteiger partial charge in [-0.1, -0.05) is 37.5 Å². The second kappa shape index (κ2) is 6.07. The fourth-order valence-corrected chi connectivity index (χ4v) is 4.55. The van der Waals surface area contributed by atoms with E-state index in [1.807, 2.05) is 13.0 Å². The predicted molar refractivity (Wildman–Crippen MR) is 83.7 cm³/mol. The molecule has 2 unspecified atom stereocenters. The summed E-state index contributed by atoms with van der Waals surface area (Å²) in [6, 6.07) is 5.27. The van der Waals surface area contributed by atoms with Gasteiger partial charge in [0.25, 0.3) is 0 Å². The summed E-state index contributed by atoms with van der Waals surface area (Å²) >= 11 is 0. The first-order valence-corrected chi connectivity index (χ1v) is 8.99. The predicted octanol–water partition coefficient (Wildman–Crippen LogP) is 2.52. The minimum absolute atomic E-state index is 0.0903. The topological polar surface area (TPSA) is 66.4 Å². The molecule has 0 amide bonds. The maximum atomic E-state index is 12.4. The number of hydrogen-bond donors (Lipinski definition) is 2. The highest BCUT2D eigenvalue weighted by Gasteiger charge is 2.34. The van der Waals surface area contributed by atoms with Crippen LogP contribution in [0.1, 0.15) is 43.7 Å². The Morgan fingerprint density at radius 1 is 1.38 bits per heavy atom. The van der Waals surface area contributed by atoms with Crippen LogP contribution in [0.3, 0.4) is 0 Å². The second-order valence-corrected chi connectivity index (χ2v) is 8.25. The molecule has 0 aliphatic heterocycles. The van der Waals surface area contributed by atoms with E-state index in [9.17, 15) is 13.5 Å². The fraction of sp³-hybridized carbons (Fsp3) is 0.625. The van der Waals surface area contributed by atoms with Crippen LogP contribution < -0.4 is 4.72 Å². The monoisotopic (exact) mass is 311 g/mol. The van der Waals surface area contributed by atoms with Crippen LogP contribution in [-0.2, 0) is 10.0 Å². The van der Waals surface area contributed by atoms with Crippen LogP contribution in [0.5, 0.6) is 0 Å². The van der Waals surface area contributed by atoms with E-state index in [0.29, 0.717) is 23.7 Å². The summed E-state index contributed by atoms with van der Waals surface area (Å²) in [5.74, 6) is 0.439. The summed E-state index contributed by atoms with van der Waals surface area (Å²) in [4.78, 5) is 0.292. The molecule has 2 rings (SSSR count). The highest BCUT2D eigenvalue weighted by Crippen LogP contribution is 2.32. The van der Waals surface area contributed by atoms with E-state index in [4.69, 9.17) is 0 Å². The van der Waals surface area contributed by atoms with Gasteiger partial charge in [-0.15, -0.1) is 0 Å². The van der Waals surface area contributed by atoms with E-state index in [1.54, 1.807) is 19.1 Å². The summed E-state index contributed by atoms with van der Waals surface area (Å²) in [6.45, 7) is 5.91. The van der Waals surface area contributed by atoms with Crippen molar-refractivity contribution in [2.75, 3.05) is 6.54 Å². The van der Waals surface area contributed by atoms with Gasteiger partial charge in [-0.05, 0) is 44.2 Å². The Bertz CT molecular complexity index is 612. The summed E-state index contributed by atoms with van der Waals surface area (Å²) in [5.41, 5.74) is 0.848. The number of rotatable bonds is 4. The lowest BCUT2D eigenvalue weighted by atomic mass is 9.79. The zero-order valence-corrected chi connectivity index (χ0v) is 13.8. The van der Waals surface area contributed by atoms with Crippen molar-refractivity contribution in [2.45, 2.75) is 57.0 Å². The average molecular weight is 311 g/mol. The lowest BCUT2D eigenvalue weighted by Crippen LogP contribution is -2.45. The van der Waals surface area contributed by atoms with E-state index in [-0.39, 0.29) is 6.54 Å². The molecule has 1 fully saturated rings. The molecule has 1 aromatic rings. The van der Waals surface area contributed by atoms with Crippen molar-refractivity contribution in [2.24, 2.45) is 5.92 Å². The Morgan fingerprint density at radius 3 is 2.71 bits per heavy atom. The SMILES string of the molecule is Cc1ccc(S(=O)(=O)NCC2(O)CCCC(C)C2)c(C)c1. The molecule has 5 heteroatoms. The third kappa shape index (κ3) is 4.05. The Balaban J connectivity index is 2.11. The molecule has 21 heavy (non-hydrogen) atoms. The van der Waals surface area contributed by atoms with Crippen molar-refractivity contribution < 1.29 is 13.5 Å². The lowest BCUT2D eigenvalue weighted by Gasteiger charge is -2.35. The van der Waals surface area contributed by atoms with Gasteiger partial charge in [-0.3, -0.25) is 0 Å². The first-order chi connectivity index (χ1) is 9.72. The van der Waals surface area contributed by atoms with E-state index in [1.165, 1.54) is 0 Å². The molecular weight excluding hydrogens is 286 g/mol. The smallest absolute Gasteiger partial charge is 0.240 e. The van der Waals surface area contributed by atoms with Crippen LogP contribution >= 0.6 is 0 Å². The summed E-state index contributed by atoms with van der Waals surface area (Å²) in [7, 11) is -3.57. The fourth-order valence-electron chi connectivity index (χ4n) is 3.20. The van der Waals surface area contributed by atoms with Crippen molar-refractivity contribution in [1.82, 2.24) is 4.72 Å². The van der Waals surface area contributed by atoms with Crippen molar-refractivity contribution >= 4 is 10.0 Å². The number of benzene rings is 1. The maximum Gasteiger partial charge on any atom is 0.240 e. The molecule has 1 aliphatic carbocycles. The summed E-state index contributed by atoms with van der Waals surface area (Å²) < 4.78 is 27.4. The van der Waals surface area contributed by atoms with Gasteiger partial charge in [0.05, 0.1) is 10.5 Å². The van der Waals surface area contributed by atoms with Gasteiger partial charge in [0.15, 0.2) is 0 Å². The molecule has 0 bridgehead atoms. The van der Waals surface area contributed by atoms with Crippen LogP contribution in [0.2, 0.25) is 0 Å². The molecule has 0 spiro atoms. The first-order valence-electron chi connectivity index (χ1n) is 7.51. The maximum absolute atomic E-state index is 12.4. The Hall–Kier alpha value is -0.910. The van der Waals surface area contributed by atoms with Crippen molar-refractivity contribution in [3.8, 4) is 0 Å². The number of hydrogen-bond acceptors (Lipinski definition) is 3. The van der Waals surface area contributed by atoms with E-state index >= 15 is 0 Å². The molecule has 1 aromatic carbocycles. The molecule has 0 saturated heterocycles. The van der Waals surface area contributed by atoms with Gasteiger partial charge in [0, 0.05) is 6.54 Å². The lowest BCUT2D eigenvalue weighted by molar-refractivity contribution is -0.00751. The molecule has 0 radical (unpaired) electrons. The summed E-state index contributed by atoms with van der Waals surface area (Å²) in [5, 5.41) is 10.5. The van der Waals surface area contributed by atoms with Crippen LogP contribution in [0.4, 0.5) is 0 Å². The van der Waals surface area contributed by atoms with Crippen molar-refractivity contribution in [3.63, 3.8) is 0 Å². The van der Waals surface area contributed by atoms with E-state index < -0.39 is 15.6 Å². The van der Waals surface area contributed by atoms with Gasteiger partial charge in [0.2, 0.25) is 10.0 Å². The zero-order valence-electron chi connectivity index (χ0n) is 13.0. The second-order valence-electron chi connectivity index (χ2n) is 6.52. The number of sulfonamides is 1. The molecule has 2 N–H and O–H groups in total. The minimum atomic E-state index is -3.57. The van der Waals surface area contributed by atoms with E-state index in [0.717, 1.165) is 24.0 Å². The van der Waals surface area contributed by atoms with Crippen molar-refractivity contribution in [3.05, 3.63) is 29.3 Å². The highest BCUT2D eigenvalue weighted by atomic mass is 32.2. The molecule has 4 nitrogen and oxygen atoms in total. The number of nitrogens with one attached hydrogen (secondary N) is 1. The highest BCUT2D eigenvalue weighted by molar-refractivity contribution is 7.89. The normalized spacial score (nSPS) is 26.8. The van der Waals surface area contributed by atoms with Gasteiger partial charge < -0.3 is 5.11 Å². The molecular formula is C16H25NO3S. The van der Waals surface area contributed by atoms with Crippen LogP contribution in [0.15, 0.2) is 23.1 Å². The minimum Gasteiger partial charge on any atom is -0.389 e. The molecule has 1 aliphatic rings. The molecule has 1 saturated carbocycles. The Kier molecular flexibility index (Phi) is 4.76. The van der Waals surface area contributed by atoms with Gasteiger partial charge in [-0.25, -0.2) is 13.1 Å². The number of aryl methyl sites for hydroxylation is 2. The molecule has 2 atom stereocenters. The van der Waals surface area contributed by atoms with Gasteiger partial charge in [0.1, 0.15) is 0 Å². The standard InChI is InChI=1S/C16H25NO3S/c1-12-6-7-15(14(3)9-12)21(19,20)17-11-16(18)8-4-5-13(2)10-16/h6-7,9,13,17-18H,4-5,8,10-11H2,1-3H3. The average Bonchev–Trinajstić information content (AvgIpc) is 2.36. The Labute approximate surface area is 127 Å². The third-order valence-corrected chi connectivity index (χ3v) is 5.84. The largest absolute Gasteiger partial charge is 0.389 e. The molecule has 0 heterocycles. The zero-order chi connectivity index (χ0) is 15.7. The first kappa shape index (κ1) is 16.5. The Morgan fingerprint density at radius 2 is 2.10 bits per heavy atom. The molecule has 118 valence electrons. The van der Waals surface area contributed by atoms with Gasteiger partial charge >= 0.3 is 0 Å². The van der Waals surface area contributed by atoms with Crippen LogP contribution in [0, 0.1) is 19.8 Å².